The molecule has 33 heavy (non-hydrogen) atoms. The Hall–Kier alpha value is -2.40. The number of nitrogens with zero attached hydrogens (tertiary/aromatic N) is 1. The fraction of sp³-hybridized carbons (Fsp3) is 0.536. The first-order valence-corrected chi connectivity index (χ1v) is 12.4. The average Bonchev–Trinajstić information content (AvgIpc) is 3.06. The van der Waals surface area contributed by atoms with Crippen molar-refractivity contribution < 1.29 is 18.7 Å². The molecule has 1 saturated heterocycles. The van der Waals surface area contributed by atoms with Gasteiger partial charge in [0.15, 0.2) is 17.2 Å². The summed E-state index contributed by atoms with van der Waals surface area (Å²) in [4.78, 5) is 15.6. The van der Waals surface area contributed by atoms with Crippen LogP contribution < -0.4 is 9.47 Å². The molecule has 0 spiro atoms. The largest absolute Gasteiger partial charge is 0.490 e. The van der Waals surface area contributed by atoms with Crippen molar-refractivity contribution in [1.29, 1.82) is 0 Å². The van der Waals surface area contributed by atoms with Gasteiger partial charge >= 0.3 is 0 Å². The first kappa shape index (κ1) is 23.7. The highest BCUT2D eigenvalue weighted by molar-refractivity contribution is 6.07. The van der Waals surface area contributed by atoms with E-state index in [0.717, 1.165) is 50.9 Å². The molecule has 1 aliphatic heterocycles. The Labute approximate surface area is 197 Å². The van der Waals surface area contributed by atoms with Gasteiger partial charge in [0.1, 0.15) is 0 Å². The molecule has 0 saturated carbocycles. The molecule has 1 unspecified atom stereocenters. The third kappa shape index (κ3) is 5.57. The molecule has 2 aromatic carbocycles. The average molecular weight is 454 g/mol. The predicted octanol–water partition coefficient (Wildman–Crippen LogP) is 6.01. The Kier molecular flexibility index (Phi) is 7.69. The van der Waals surface area contributed by atoms with Gasteiger partial charge in [-0.3, -0.25) is 9.69 Å². The number of alkyl halides is 1. The van der Waals surface area contributed by atoms with Gasteiger partial charge in [-0.25, -0.2) is 4.39 Å². The number of fused-ring (bicyclic) bond motifs is 1. The lowest BCUT2D eigenvalue weighted by molar-refractivity contribution is 0.0587. The van der Waals surface area contributed by atoms with Crippen molar-refractivity contribution in [1.82, 2.24) is 4.90 Å². The molecule has 0 aromatic heterocycles. The van der Waals surface area contributed by atoms with Gasteiger partial charge in [0.25, 0.3) is 0 Å². The van der Waals surface area contributed by atoms with E-state index in [0.29, 0.717) is 36.7 Å². The summed E-state index contributed by atoms with van der Waals surface area (Å²) in [6, 6.07) is 14.0. The summed E-state index contributed by atoms with van der Waals surface area (Å²) < 4.78 is 27.7. The Balaban J connectivity index is 1.40. The Morgan fingerprint density at radius 3 is 2.27 bits per heavy atom. The van der Waals surface area contributed by atoms with E-state index in [2.05, 4.69) is 29.2 Å². The number of hydrogen-bond acceptors (Lipinski definition) is 4. The van der Waals surface area contributed by atoms with E-state index in [1.807, 2.05) is 26.0 Å². The second-order valence-electron chi connectivity index (χ2n) is 9.53. The molecule has 178 valence electrons. The first-order chi connectivity index (χ1) is 16.0. The number of benzene rings is 2. The van der Waals surface area contributed by atoms with Crippen LogP contribution in [-0.4, -0.2) is 42.7 Å². The third-order valence-corrected chi connectivity index (χ3v) is 6.78. The summed E-state index contributed by atoms with van der Waals surface area (Å²) in [6.07, 6.45) is 4.03. The zero-order valence-electron chi connectivity index (χ0n) is 19.9. The molecule has 5 heteroatoms. The van der Waals surface area contributed by atoms with Gasteiger partial charge in [-0.05, 0) is 74.4 Å². The lowest BCUT2D eigenvalue weighted by Crippen LogP contribution is -2.38. The van der Waals surface area contributed by atoms with E-state index >= 15 is 4.39 Å². The molecule has 1 heterocycles. The van der Waals surface area contributed by atoms with Crippen LogP contribution in [-0.2, 0) is 13.0 Å². The Morgan fingerprint density at radius 2 is 1.64 bits per heavy atom. The van der Waals surface area contributed by atoms with Crippen LogP contribution in [0.2, 0.25) is 0 Å². The SMILES string of the molecule is CCCOc1cc2c(cc1OCCC)C(=O)C(F)(CC1CCN(Cc3ccccc3)CC1)C2. The summed E-state index contributed by atoms with van der Waals surface area (Å²) >= 11 is 0. The molecule has 4 nitrogen and oxygen atoms in total. The predicted molar refractivity (Wildman–Crippen MR) is 129 cm³/mol. The molecule has 2 aromatic rings. The number of carbonyl (C=O) groups excluding carboxylic acids is 1. The van der Waals surface area contributed by atoms with Crippen LogP contribution in [0.3, 0.4) is 0 Å². The third-order valence-electron chi connectivity index (χ3n) is 6.78. The quantitative estimate of drug-likeness (QED) is 0.441. The van der Waals surface area contributed by atoms with Crippen LogP contribution in [0.25, 0.3) is 0 Å². The lowest BCUT2D eigenvalue weighted by atomic mass is 9.83. The van der Waals surface area contributed by atoms with Gasteiger partial charge in [-0.15, -0.1) is 0 Å². The summed E-state index contributed by atoms with van der Waals surface area (Å²) in [6.45, 7) is 8.00. The number of piperidine rings is 1. The van der Waals surface area contributed by atoms with Crippen LogP contribution in [0.15, 0.2) is 42.5 Å². The minimum absolute atomic E-state index is 0.141. The first-order valence-electron chi connectivity index (χ1n) is 12.4. The molecule has 0 amide bonds. The Bertz CT molecular complexity index is 940. The van der Waals surface area contributed by atoms with E-state index < -0.39 is 5.67 Å². The maximum absolute atomic E-state index is 16.0. The molecule has 1 atom stereocenters. The highest BCUT2D eigenvalue weighted by Crippen LogP contribution is 2.44. The topological polar surface area (TPSA) is 38.8 Å². The standard InChI is InChI=1S/C28H36FNO3/c1-3-14-32-25-16-23-19-28(29,27(31)24(23)17-26(25)33-15-4-2)18-21-10-12-30(13-11-21)20-22-8-6-5-7-9-22/h5-9,16-17,21H,3-4,10-15,18-20H2,1-2H3. The number of ether oxygens (including phenoxy) is 2. The van der Waals surface area contributed by atoms with Crippen molar-refractivity contribution in [3.05, 3.63) is 59.2 Å². The maximum atomic E-state index is 16.0. The number of Topliss-reactive ketones (excluding diaryl/α,β-unsaturated/α-hetero) is 1. The summed E-state index contributed by atoms with van der Waals surface area (Å²) in [5, 5.41) is 0. The molecule has 1 fully saturated rings. The van der Waals surface area contributed by atoms with Crippen molar-refractivity contribution in [2.75, 3.05) is 26.3 Å². The minimum Gasteiger partial charge on any atom is -0.490 e. The number of ketones is 1. The molecule has 0 radical (unpaired) electrons. The van der Waals surface area contributed by atoms with E-state index in [4.69, 9.17) is 9.47 Å². The highest BCUT2D eigenvalue weighted by atomic mass is 19.1. The second kappa shape index (κ2) is 10.7. The van der Waals surface area contributed by atoms with Gasteiger partial charge in [-0.1, -0.05) is 44.2 Å². The van der Waals surface area contributed by atoms with Gasteiger partial charge in [0, 0.05) is 18.5 Å². The molecule has 4 rings (SSSR count). The number of hydrogen-bond donors (Lipinski definition) is 0. The smallest absolute Gasteiger partial charge is 0.200 e. The second-order valence-corrected chi connectivity index (χ2v) is 9.53. The summed E-state index contributed by atoms with van der Waals surface area (Å²) in [5.41, 5.74) is 0.703. The molecular weight excluding hydrogens is 417 g/mol. The molecule has 2 aliphatic rings. The fourth-order valence-corrected chi connectivity index (χ4v) is 5.05. The molecular formula is C28H36FNO3. The van der Waals surface area contributed by atoms with Gasteiger partial charge in [0.2, 0.25) is 5.78 Å². The highest BCUT2D eigenvalue weighted by Gasteiger charge is 2.48. The monoisotopic (exact) mass is 453 g/mol. The number of rotatable bonds is 10. The van der Waals surface area contributed by atoms with Crippen molar-refractivity contribution in [2.24, 2.45) is 5.92 Å². The van der Waals surface area contributed by atoms with E-state index in [1.54, 1.807) is 6.07 Å². The Morgan fingerprint density at radius 1 is 1.00 bits per heavy atom. The van der Waals surface area contributed by atoms with E-state index in [1.165, 1.54) is 5.56 Å². The summed E-state index contributed by atoms with van der Waals surface area (Å²) in [7, 11) is 0. The van der Waals surface area contributed by atoms with Crippen LogP contribution in [0.4, 0.5) is 4.39 Å². The summed E-state index contributed by atoms with van der Waals surface area (Å²) in [5.74, 6) is 1.02. The van der Waals surface area contributed by atoms with Gasteiger partial charge < -0.3 is 9.47 Å². The number of halogens is 1. The van der Waals surface area contributed by atoms with Crippen LogP contribution in [0, 0.1) is 5.92 Å². The van der Waals surface area contributed by atoms with Crippen molar-refractivity contribution in [3.8, 4) is 11.5 Å². The van der Waals surface area contributed by atoms with Crippen LogP contribution in [0.1, 0.15) is 67.4 Å². The van der Waals surface area contributed by atoms with Crippen molar-refractivity contribution in [3.63, 3.8) is 0 Å². The zero-order valence-corrected chi connectivity index (χ0v) is 19.9. The van der Waals surface area contributed by atoms with Crippen molar-refractivity contribution >= 4 is 5.78 Å². The fourth-order valence-electron chi connectivity index (χ4n) is 5.05. The van der Waals surface area contributed by atoms with Gasteiger partial charge in [-0.2, -0.15) is 0 Å². The van der Waals surface area contributed by atoms with Gasteiger partial charge in [0.05, 0.1) is 13.2 Å². The minimum atomic E-state index is -1.82. The van der Waals surface area contributed by atoms with E-state index in [9.17, 15) is 4.79 Å². The van der Waals surface area contributed by atoms with Crippen LogP contribution >= 0.6 is 0 Å². The lowest BCUT2D eigenvalue weighted by Gasteiger charge is -2.34. The zero-order chi connectivity index (χ0) is 23.3. The van der Waals surface area contributed by atoms with Crippen LogP contribution in [0.5, 0.6) is 11.5 Å². The molecule has 0 bridgehead atoms. The normalized spacial score (nSPS) is 21.2. The van der Waals surface area contributed by atoms with E-state index in [-0.39, 0.29) is 18.1 Å². The number of likely N-dealkylation sites (tertiary alicyclic amines) is 1. The molecule has 0 N–H and O–H groups in total. The number of carbonyl (C=O) groups is 1. The maximum Gasteiger partial charge on any atom is 0.200 e. The molecule has 1 aliphatic carbocycles. The van der Waals surface area contributed by atoms with Crippen molar-refractivity contribution in [2.45, 2.75) is 64.6 Å².